The van der Waals surface area contributed by atoms with Gasteiger partial charge in [0.1, 0.15) is 5.82 Å². The zero-order valence-electron chi connectivity index (χ0n) is 15.2. The number of amides is 1. The molecular formula is C17H17ClFN3O5S2. The molecule has 12 heteroatoms. The molecule has 1 atom stereocenters. The van der Waals surface area contributed by atoms with Gasteiger partial charge in [0.2, 0.25) is 15.0 Å². The maximum atomic E-state index is 13.2. The minimum absolute atomic E-state index is 0.0200. The summed E-state index contributed by atoms with van der Waals surface area (Å²) in [6.07, 6.45) is 2.13. The molecule has 0 spiro atoms. The van der Waals surface area contributed by atoms with Gasteiger partial charge < -0.3 is 4.90 Å². The van der Waals surface area contributed by atoms with Crippen molar-refractivity contribution in [2.24, 2.45) is 0 Å². The van der Waals surface area contributed by atoms with Crippen molar-refractivity contribution in [1.29, 1.82) is 0 Å². The topological polar surface area (TPSA) is 114 Å². The molecule has 0 saturated carbocycles. The van der Waals surface area contributed by atoms with Crippen LogP contribution in [0.2, 0.25) is 5.02 Å². The van der Waals surface area contributed by atoms with E-state index in [0.717, 1.165) is 12.5 Å². The summed E-state index contributed by atoms with van der Waals surface area (Å²) in [5.74, 6) is -1.49. The number of aromatic nitrogens is 2. The van der Waals surface area contributed by atoms with Crippen molar-refractivity contribution in [1.82, 2.24) is 14.9 Å². The van der Waals surface area contributed by atoms with Crippen molar-refractivity contribution in [3.05, 3.63) is 52.6 Å². The summed E-state index contributed by atoms with van der Waals surface area (Å²) < 4.78 is 60.6. The molecule has 1 aliphatic heterocycles. The first-order valence-corrected chi connectivity index (χ1v) is 12.5. The van der Waals surface area contributed by atoms with Crippen LogP contribution in [0.5, 0.6) is 0 Å². The smallest absolute Gasteiger partial charge is 0.274 e. The Hall–Kier alpha value is -2.11. The molecule has 2 aromatic rings. The quantitative estimate of drug-likeness (QED) is 0.620. The fraction of sp³-hybridized carbons (Fsp3) is 0.353. The molecule has 0 unspecified atom stereocenters. The normalized spacial score (nSPS) is 18.5. The Bertz CT molecular complexity index is 1150. The molecule has 156 valence electrons. The lowest BCUT2D eigenvalue weighted by molar-refractivity contribution is 0.0674. The van der Waals surface area contributed by atoms with Gasteiger partial charge in [-0.25, -0.2) is 31.2 Å². The SMILES string of the molecule is CS(=O)(=O)c1ncc(Cl)c(C(=O)N(Cc2ccc(F)cc2)[C@@H]2CCS(=O)(=O)C2)n1. The highest BCUT2D eigenvalue weighted by molar-refractivity contribution is 7.91. The second kappa shape index (κ2) is 7.96. The number of carbonyl (C=O) groups is 1. The highest BCUT2D eigenvalue weighted by Crippen LogP contribution is 2.24. The van der Waals surface area contributed by atoms with Crippen LogP contribution in [0.25, 0.3) is 0 Å². The Morgan fingerprint density at radius 3 is 2.52 bits per heavy atom. The minimum atomic E-state index is -3.79. The Morgan fingerprint density at radius 2 is 1.97 bits per heavy atom. The molecule has 1 fully saturated rings. The van der Waals surface area contributed by atoms with E-state index in [1.807, 2.05) is 0 Å². The predicted octanol–water partition coefficient (Wildman–Crippen LogP) is 1.50. The third kappa shape index (κ3) is 5.09. The largest absolute Gasteiger partial charge is 0.329 e. The standard InChI is InChI=1S/C17H17ClFN3O5S2/c1-28(24,25)17-20-8-14(18)15(21-17)16(23)22(13-6-7-29(26,27)10-13)9-11-2-4-12(19)5-3-11/h2-5,8,13H,6-7,9-10H2,1H3/t13-/m1/s1. The van der Waals surface area contributed by atoms with Crippen molar-refractivity contribution in [3.8, 4) is 0 Å². The molecule has 0 radical (unpaired) electrons. The van der Waals surface area contributed by atoms with Crippen LogP contribution in [0.1, 0.15) is 22.5 Å². The second-order valence-corrected chi connectivity index (χ2v) is 11.3. The summed E-state index contributed by atoms with van der Waals surface area (Å²) in [5.41, 5.74) is 0.228. The lowest BCUT2D eigenvalue weighted by Crippen LogP contribution is -2.41. The van der Waals surface area contributed by atoms with Gasteiger partial charge in [0, 0.05) is 18.8 Å². The Labute approximate surface area is 172 Å². The Morgan fingerprint density at radius 1 is 1.31 bits per heavy atom. The summed E-state index contributed by atoms with van der Waals surface area (Å²) >= 11 is 6.04. The number of rotatable bonds is 5. The van der Waals surface area contributed by atoms with Gasteiger partial charge in [-0.3, -0.25) is 4.79 Å². The third-order valence-electron chi connectivity index (χ3n) is 4.43. The first-order valence-electron chi connectivity index (χ1n) is 8.45. The molecule has 0 N–H and O–H groups in total. The molecule has 2 heterocycles. The molecule has 0 aliphatic carbocycles. The molecule has 1 aromatic heterocycles. The highest BCUT2D eigenvalue weighted by Gasteiger charge is 2.36. The van der Waals surface area contributed by atoms with Crippen molar-refractivity contribution >= 4 is 37.2 Å². The van der Waals surface area contributed by atoms with Crippen LogP contribution in [0.4, 0.5) is 4.39 Å². The first-order chi connectivity index (χ1) is 13.5. The van der Waals surface area contributed by atoms with Crippen molar-refractivity contribution in [2.45, 2.75) is 24.2 Å². The summed E-state index contributed by atoms with van der Waals surface area (Å²) in [6, 6.07) is 4.75. The summed E-state index contributed by atoms with van der Waals surface area (Å²) in [7, 11) is -7.10. The van der Waals surface area contributed by atoms with E-state index in [2.05, 4.69) is 9.97 Å². The molecular weight excluding hydrogens is 445 g/mol. The molecule has 1 saturated heterocycles. The molecule has 8 nitrogen and oxygen atoms in total. The maximum Gasteiger partial charge on any atom is 0.274 e. The highest BCUT2D eigenvalue weighted by atomic mass is 35.5. The van der Waals surface area contributed by atoms with Gasteiger partial charge in [0.15, 0.2) is 15.5 Å². The van der Waals surface area contributed by atoms with E-state index >= 15 is 0 Å². The van der Waals surface area contributed by atoms with Gasteiger partial charge in [-0.1, -0.05) is 23.7 Å². The van der Waals surface area contributed by atoms with Gasteiger partial charge in [-0.2, -0.15) is 0 Å². The van der Waals surface area contributed by atoms with Gasteiger partial charge >= 0.3 is 0 Å². The van der Waals surface area contributed by atoms with E-state index in [1.54, 1.807) is 0 Å². The predicted molar refractivity (Wildman–Crippen MR) is 103 cm³/mol. The fourth-order valence-corrected chi connectivity index (χ4v) is 5.39. The number of halogens is 2. The number of sulfone groups is 2. The molecule has 29 heavy (non-hydrogen) atoms. The lowest BCUT2D eigenvalue weighted by atomic mass is 10.1. The lowest BCUT2D eigenvalue weighted by Gasteiger charge is -2.28. The number of carbonyl (C=O) groups excluding carboxylic acids is 1. The van der Waals surface area contributed by atoms with E-state index in [0.29, 0.717) is 5.56 Å². The zero-order valence-corrected chi connectivity index (χ0v) is 17.6. The summed E-state index contributed by atoms with van der Waals surface area (Å²) in [5, 5.41) is -0.724. The Kier molecular flexibility index (Phi) is 5.93. The fourth-order valence-electron chi connectivity index (χ4n) is 2.99. The molecule has 0 bridgehead atoms. The number of nitrogens with zero attached hydrogens (tertiary/aromatic N) is 3. The van der Waals surface area contributed by atoms with Crippen LogP contribution >= 0.6 is 11.6 Å². The van der Waals surface area contributed by atoms with Gasteiger partial charge in [-0.05, 0) is 24.1 Å². The molecule has 1 aromatic carbocycles. The van der Waals surface area contributed by atoms with Crippen molar-refractivity contribution in [3.63, 3.8) is 0 Å². The maximum absolute atomic E-state index is 13.2. The average molecular weight is 462 g/mol. The van der Waals surface area contributed by atoms with Crippen LogP contribution in [0.15, 0.2) is 35.6 Å². The van der Waals surface area contributed by atoms with E-state index in [9.17, 15) is 26.0 Å². The minimum Gasteiger partial charge on any atom is -0.329 e. The van der Waals surface area contributed by atoms with Crippen molar-refractivity contribution in [2.75, 3.05) is 17.8 Å². The van der Waals surface area contributed by atoms with Gasteiger partial charge in [0.05, 0.1) is 22.7 Å². The summed E-state index contributed by atoms with van der Waals surface area (Å²) in [6.45, 7) is -0.0200. The third-order valence-corrected chi connectivity index (χ3v) is 7.32. The summed E-state index contributed by atoms with van der Waals surface area (Å²) in [4.78, 5) is 21.9. The van der Waals surface area contributed by atoms with Crippen molar-refractivity contribution < 1.29 is 26.0 Å². The van der Waals surface area contributed by atoms with E-state index in [-0.39, 0.29) is 35.2 Å². The number of hydrogen-bond acceptors (Lipinski definition) is 7. The molecule has 1 amide bonds. The second-order valence-electron chi connectivity index (χ2n) is 6.74. The van der Waals surface area contributed by atoms with E-state index in [1.165, 1.54) is 29.2 Å². The number of hydrogen-bond donors (Lipinski definition) is 0. The van der Waals surface area contributed by atoms with Crippen LogP contribution in [0, 0.1) is 5.82 Å². The average Bonchev–Trinajstić information content (AvgIpc) is 2.99. The first kappa shape index (κ1) is 21.6. The van der Waals surface area contributed by atoms with Crippen LogP contribution < -0.4 is 0 Å². The van der Waals surface area contributed by atoms with Crippen LogP contribution in [-0.4, -0.2) is 61.4 Å². The van der Waals surface area contributed by atoms with Crippen LogP contribution in [0.3, 0.4) is 0 Å². The van der Waals surface area contributed by atoms with Gasteiger partial charge in [0.25, 0.3) is 5.91 Å². The Balaban J connectivity index is 2.01. The molecule has 1 aliphatic rings. The molecule has 3 rings (SSSR count). The van der Waals surface area contributed by atoms with Gasteiger partial charge in [-0.15, -0.1) is 0 Å². The van der Waals surface area contributed by atoms with E-state index < -0.39 is 42.6 Å². The zero-order chi connectivity index (χ0) is 21.4. The monoisotopic (exact) mass is 461 g/mol. The van der Waals surface area contributed by atoms with E-state index in [4.69, 9.17) is 11.6 Å². The number of benzene rings is 1. The van der Waals surface area contributed by atoms with Crippen LogP contribution in [-0.2, 0) is 26.2 Å².